The number of carboxylic acids is 1. The Bertz CT molecular complexity index is 702. The van der Waals surface area contributed by atoms with Gasteiger partial charge in [-0.25, -0.2) is 4.79 Å². The van der Waals surface area contributed by atoms with Crippen LogP contribution in [0.3, 0.4) is 0 Å². The fourth-order valence-corrected chi connectivity index (χ4v) is 3.95. The first-order chi connectivity index (χ1) is 12.1. The molecule has 7 heteroatoms. The fourth-order valence-electron chi connectivity index (χ4n) is 3.95. The van der Waals surface area contributed by atoms with Gasteiger partial charge >= 0.3 is 5.97 Å². The van der Waals surface area contributed by atoms with Crippen molar-refractivity contribution >= 4 is 17.6 Å². The summed E-state index contributed by atoms with van der Waals surface area (Å²) in [6.07, 6.45) is 6.75. The summed E-state index contributed by atoms with van der Waals surface area (Å²) in [4.78, 5) is 18.2. The zero-order valence-corrected chi connectivity index (χ0v) is 14.6. The van der Waals surface area contributed by atoms with Crippen LogP contribution in [0.2, 0.25) is 0 Å². The maximum absolute atomic E-state index is 11.2. The Morgan fingerprint density at radius 1 is 1.20 bits per heavy atom. The molecule has 0 amide bonds. The van der Waals surface area contributed by atoms with Gasteiger partial charge in [-0.3, -0.25) is 5.10 Å². The molecule has 0 radical (unpaired) electrons. The van der Waals surface area contributed by atoms with Crippen LogP contribution in [0, 0.1) is 11.8 Å². The van der Waals surface area contributed by atoms with Crippen LogP contribution in [-0.4, -0.2) is 72.5 Å². The highest BCUT2D eigenvalue weighted by Crippen LogP contribution is 2.33. The van der Waals surface area contributed by atoms with Gasteiger partial charge in [0.1, 0.15) is 5.82 Å². The molecule has 2 aliphatic heterocycles. The second-order valence-electron chi connectivity index (χ2n) is 7.25. The van der Waals surface area contributed by atoms with Gasteiger partial charge < -0.3 is 19.8 Å². The van der Waals surface area contributed by atoms with E-state index in [9.17, 15) is 9.90 Å². The molecule has 0 spiro atoms. The van der Waals surface area contributed by atoms with E-state index in [1.165, 1.54) is 0 Å². The number of hydrogen-bond donors (Lipinski definition) is 2. The first kappa shape index (κ1) is 16.2. The second-order valence-corrected chi connectivity index (χ2v) is 7.25. The number of fused-ring (bicyclic) bond motifs is 1. The summed E-state index contributed by atoms with van der Waals surface area (Å²) >= 11 is 0. The van der Waals surface area contributed by atoms with Crippen molar-refractivity contribution in [2.75, 3.05) is 56.1 Å². The van der Waals surface area contributed by atoms with E-state index in [2.05, 4.69) is 44.1 Å². The van der Waals surface area contributed by atoms with Crippen LogP contribution in [0.5, 0.6) is 0 Å². The Kier molecular flexibility index (Phi) is 4.25. The fraction of sp³-hybridized carbons (Fsp3) is 0.556. The summed E-state index contributed by atoms with van der Waals surface area (Å²) in [7, 11) is 2.15. The van der Waals surface area contributed by atoms with Crippen molar-refractivity contribution in [1.82, 2.24) is 15.1 Å². The summed E-state index contributed by atoms with van der Waals surface area (Å²) in [6, 6.07) is 2.13. The molecule has 7 nitrogen and oxygen atoms in total. The number of aliphatic carboxylic acids is 1. The number of anilines is 2. The third-order valence-electron chi connectivity index (χ3n) is 5.60. The molecule has 3 aliphatic rings. The molecule has 25 heavy (non-hydrogen) atoms. The molecule has 2 saturated heterocycles. The average molecular weight is 343 g/mol. The smallest absolute Gasteiger partial charge is 0.335 e. The zero-order valence-electron chi connectivity index (χ0n) is 14.6. The van der Waals surface area contributed by atoms with E-state index in [-0.39, 0.29) is 5.92 Å². The van der Waals surface area contributed by atoms with Crippen LogP contribution in [0.4, 0.5) is 11.6 Å². The van der Waals surface area contributed by atoms with E-state index in [0.29, 0.717) is 11.5 Å². The van der Waals surface area contributed by atoms with Crippen molar-refractivity contribution in [3.05, 3.63) is 29.9 Å². The SMILES string of the molecule is CN1CCN(c2cc(N3CCC4C=CC(C(=O)O)=CC4C3)n[nH]2)CC1. The number of aromatic nitrogens is 2. The highest BCUT2D eigenvalue weighted by Gasteiger charge is 2.30. The highest BCUT2D eigenvalue weighted by atomic mass is 16.4. The predicted molar refractivity (Wildman–Crippen MR) is 97.0 cm³/mol. The van der Waals surface area contributed by atoms with E-state index >= 15 is 0 Å². The lowest BCUT2D eigenvalue weighted by Gasteiger charge is -2.37. The van der Waals surface area contributed by atoms with Crippen molar-refractivity contribution in [2.45, 2.75) is 6.42 Å². The van der Waals surface area contributed by atoms with Gasteiger partial charge in [-0.05, 0) is 19.4 Å². The standard InChI is InChI=1S/C18H25N5O2/c1-21-6-8-22(9-7-21)16-11-17(20-19-16)23-5-4-13-2-3-14(18(24)25)10-15(13)12-23/h2-3,10-11,13,15H,4-9,12H2,1H3,(H,19,20)(H,24,25). The van der Waals surface area contributed by atoms with Crippen LogP contribution in [0.1, 0.15) is 6.42 Å². The minimum Gasteiger partial charge on any atom is -0.478 e. The minimum atomic E-state index is -0.844. The van der Waals surface area contributed by atoms with E-state index in [1.807, 2.05) is 6.08 Å². The summed E-state index contributed by atoms with van der Waals surface area (Å²) in [6.45, 7) is 5.93. The number of H-pyrrole nitrogens is 1. The number of likely N-dealkylation sites (N-methyl/N-ethyl adjacent to an activating group) is 1. The molecular formula is C18H25N5O2. The maximum atomic E-state index is 11.2. The van der Waals surface area contributed by atoms with Crippen molar-refractivity contribution in [3.8, 4) is 0 Å². The number of nitrogens with zero attached hydrogens (tertiary/aromatic N) is 4. The van der Waals surface area contributed by atoms with Gasteiger partial charge in [0.2, 0.25) is 0 Å². The molecule has 2 N–H and O–H groups in total. The Balaban J connectivity index is 1.45. The maximum Gasteiger partial charge on any atom is 0.335 e. The zero-order chi connectivity index (χ0) is 17.4. The van der Waals surface area contributed by atoms with Gasteiger partial charge in [0.05, 0.1) is 5.57 Å². The molecule has 4 rings (SSSR count). The number of carbonyl (C=O) groups is 1. The van der Waals surface area contributed by atoms with Crippen molar-refractivity contribution in [2.24, 2.45) is 11.8 Å². The summed E-state index contributed by atoms with van der Waals surface area (Å²) < 4.78 is 0. The molecule has 0 bridgehead atoms. The number of nitrogens with one attached hydrogen (secondary N) is 1. The lowest BCUT2D eigenvalue weighted by atomic mass is 9.80. The minimum absolute atomic E-state index is 0.244. The molecule has 2 atom stereocenters. The molecule has 3 heterocycles. The molecule has 1 aromatic heterocycles. The Morgan fingerprint density at radius 3 is 2.76 bits per heavy atom. The van der Waals surface area contributed by atoms with Gasteiger partial charge in [-0.2, -0.15) is 5.10 Å². The molecule has 1 aliphatic carbocycles. The van der Waals surface area contributed by atoms with Crippen LogP contribution in [0.15, 0.2) is 29.9 Å². The summed E-state index contributed by atoms with van der Waals surface area (Å²) in [5.41, 5.74) is 0.406. The van der Waals surface area contributed by atoms with E-state index in [1.54, 1.807) is 6.08 Å². The average Bonchev–Trinajstić information content (AvgIpc) is 3.11. The first-order valence-corrected chi connectivity index (χ1v) is 8.97. The lowest BCUT2D eigenvalue weighted by molar-refractivity contribution is -0.132. The molecule has 134 valence electrons. The molecular weight excluding hydrogens is 318 g/mol. The molecule has 2 unspecified atom stereocenters. The van der Waals surface area contributed by atoms with Crippen LogP contribution in [0.25, 0.3) is 0 Å². The van der Waals surface area contributed by atoms with Crippen LogP contribution in [-0.2, 0) is 4.79 Å². The van der Waals surface area contributed by atoms with Crippen molar-refractivity contribution in [1.29, 1.82) is 0 Å². The Morgan fingerprint density at radius 2 is 2.00 bits per heavy atom. The topological polar surface area (TPSA) is 75.7 Å². The van der Waals surface area contributed by atoms with Gasteiger partial charge in [0.15, 0.2) is 5.82 Å². The largest absolute Gasteiger partial charge is 0.478 e. The monoisotopic (exact) mass is 343 g/mol. The Hall–Kier alpha value is -2.28. The van der Waals surface area contributed by atoms with Crippen LogP contribution < -0.4 is 9.80 Å². The molecule has 1 aromatic rings. The third-order valence-corrected chi connectivity index (χ3v) is 5.60. The number of piperazine rings is 1. The van der Waals surface area contributed by atoms with E-state index in [0.717, 1.165) is 57.3 Å². The summed E-state index contributed by atoms with van der Waals surface area (Å²) in [5.74, 6) is 1.88. The predicted octanol–water partition coefficient (Wildman–Crippen LogP) is 1.18. The second kappa shape index (κ2) is 6.55. The van der Waals surface area contributed by atoms with E-state index < -0.39 is 5.97 Å². The number of aromatic amines is 1. The highest BCUT2D eigenvalue weighted by molar-refractivity contribution is 5.90. The van der Waals surface area contributed by atoms with Gasteiger partial charge in [-0.15, -0.1) is 0 Å². The van der Waals surface area contributed by atoms with Crippen molar-refractivity contribution in [3.63, 3.8) is 0 Å². The molecule has 2 fully saturated rings. The van der Waals surface area contributed by atoms with Crippen molar-refractivity contribution < 1.29 is 9.90 Å². The van der Waals surface area contributed by atoms with Gasteiger partial charge in [0, 0.05) is 51.3 Å². The number of piperidine rings is 1. The Labute approximate surface area is 147 Å². The number of carboxylic acid groups (broad SMARTS) is 1. The lowest BCUT2D eigenvalue weighted by Crippen LogP contribution is -2.44. The number of allylic oxidation sites excluding steroid dienone is 1. The summed E-state index contributed by atoms with van der Waals surface area (Å²) in [5, 5.41) is 16.9. The molecule has 0 saturated carbocycles. The van der Waals surface area contributed by atoms with E-state index in [4.69, 9.17) is 0 Å². The third kappa shape index (κ3) is 3.28. The quantitative estimate of drug-likeness (QED) is 0.859. The normalized spacial score (nSPS) is 27.2. The van der Waals surface area contributed by atoms with Gasteiger partial charge in [0.25, 0.3) is 0 Å². The van der Waals surface area contributed by atoms with Gasteiger partial charge in [-0.1, -0.05) is 18.2 Å². The molecule has 0 aromatic carbocycles. The first-order valence-electron chi connectivity index (χ1n) is 8.97. The number of hydrogen-bond acceptors (Lipinski definition) is 5. The number of rotatable bonds is 3. The van der Waals surface area contributed by atoms with Crippen LogP contribution >= 0.6 is 0 Å².